The van der Waals surface area contributed by atoms with E-state index in [0.717, 1.165) is 42.5 Å². The van der Waals surface area contributed by atoms with E-state index >= 15 is 0 Å². The van der Waals surface area contributed by atoms with Crippen molar-refractivity contribution in [1.82, 2.24) is 4.90 Å². The molecule has 2 aliphatic heterocycles. The van der Waals surface area contributed by atoms with Crippen LogP contribution in [0, 0.1) is 0 Å². The van der Waals surface area contributed by atoms with Crippen molar-refractivity contribution in [3.63, 3.8) is 0 Å². The lowest BCUT2D eigenvalue weighted by atomic mass is 9.89. The molecular formula is C17H19NO3. The predicted molar refractivity (Wildman–Crippen MR) is 78.5 cm³/mol. The molecule has 1 saturated heterocycles. The minimum Gasteiger partial charge on any atom is -0.348 e. The summed E-state index contributed by atoms with van der Waals surface area (Å²) >= 11 is 0. The Morgan fingerprint density at radius 3 is 2.33 bits per heavy atom. The first-order chi connectivity index (χ1) is 10.2. The second-order valence-electron chi connectivity index (χ2n) is 6.01. The zero-order valence-corrected chi connectivity index (χ0v) is 12.0. The van der Waals surface area contributed by atoms with Gasteiger partial charge in [-0.25, -0.2) is 0 Å². The Hall–Kier alpha value is -1.65. The summed E-state index contributed by atoms with van der Waals surface area (Å²) in [5, 5.41) is 0. The van der Waals surface area contributed by atoms with Crippen molar-refractivity contribution in [2.45, 2.75) is 37.5 Å². The number of nitrogens with zero attached hydrogens (tertiary/aromatic N) is 1. The number of hydrogen-bond donors (Lipinski definition) is 0. The van der Waals surface area contributed by atoms with Crippen molar-refractivity contribution in [2.24, 2.45) is 0 Å². The summed E-state index contributed by atoms with van der Waals surface area (Å²) in [6, 6.07) is 7.93. The van der Waals surface area contributed by atoms with E-state index in [1.54, 1.807) is 0 Å². The molecule has 3 aliphatic rings. The van der Waals surface area contributed by atoms with Crippen LogP contribution in [0.4, 0.5) is 0 Å². The monoisotopic (exact) mass is 285 g/mol. The van der Waals surface area contributed by atoms with Gasteiger partial charge in [-0.2, -0.15) is 0 Å². The van der Waals surface area contributed by atoms with E-state index in [4.69, 9.17) is 9.47 Å². The summed E-state index contributed by atoms with van der Waals surface area (Å²) in [5.74, 6) is -0.294. The van der Waals surface area contributed by atoms with Gasteiger partial charge in [0.1, 0.15) is 0 Å². The zero-order valence-electron chi connectivity index (χ0n) is 12.0. The van der Waals surface area contributed by atoms with Crippen LogP contribution in [-0.4, -0.2) is 35.8 Å². The molecule has 0 N–H and O–H groups in total. The molecule has 4 rings (SSSR count). The molecule has 0 unspecified atom stereocenters. The lowest BCUT2D eigenvalue weighted by Crippen LogP contribution is -2.43. The van der Waals surface area contributed by atoms with E-state index in [9.17, 15) is 4.79 Å². The first-order valence-electron chi connectivity index (χ1n) is 7.60. The predicted octanol–water partition coefficient (Wildman–Crippen LogP) is 2.80. The fourth-order valence-electron chi connectivity index (χ4n) is 3.78. The molecule has 1 saturated carbocycles. The van der Waals surface area contributed by atoms with Crippen molar-refractivity contribution in [3.8, 4) is 0 Å². The zero-order chi connectivity index (χ0) is 14.4. The van der Waals surface area contributed by atoms with Crippen LogP contribution in [0.1, 0.15) is 41.6 Å². The highest BCUT2D eigenvalue weighted by atomic mass is 16.7. The van der Waals surface area contributed by atoms with E-state index in [-0.39, 0.29) is 17.7 Å². The Kier molecular flexibility index (Phi) is 2.91. The number of hydrogen-bond acceptors (Lipinski definition) is 3. The van der Waals surface area contributed by atoms with Crippen LogP contribution < -0.4 is 0 Å². The summed E-state index contributed by atoms with van der Waals surface area (Å²) in [7, 11) is 0. The quantitative estimate of drug-likeness (QED) is 0.796. The van der Waals surface area contributed by atoms with Gasteiger partial charge in [-0.15, -0.1) is 0 Å². The van der Waals surface area contributed by atoms with Crippen LogP contribution in [0.25, 0.3) is 5.70 Å². The average molecular weight is 285 g/mol. The molecule has 1 spiro atoms. The smallest absolute Gasteiger partial charge is 0.259 e. The molecule has 2 fully saturated rings. The molecule has 0 radical (unpaired) electrons. The van der Waals surface area contributed by atoms with E-state index in [1.165, 1.54) is 0 Å². The largest absolute Gasteiger partial charge is 0.348 e. The van der Waals surface area contributed by atoms with Crippen molar-refractivity contribution in [2.75, 3.05) is 13.2 Å². The number of fused-ring (bicyclic) bond motifs is 1. The maximum atomic E-state index is 12.6. The molecule has 21 heavy (non-hydrogen) atoms. The Balaban J connectivity index is 1.54. The topological polar surface area (TPSA) is 38.8 Å². The number of amides is 1. The lowest BCUT2D eigenvalue weighted by molar-refractivity contribution is -0.181. The van der Waals surface area contributed by atoms with Gasteiger partial charge >= 0.3 is 0 Å². The Morgan fingerprint density at radius 2 is 1.71 bits per heavy atom. The standard InChI is InChI=1S/C17H19NO3/c1-12-14-4-2-3-5-15(14)16(19)18(12)13-6-8-17(9-7-13)20-10-11-21-17/h2-5,13H,1,6-11H2. The van der Waals surface area contributed by atoms with Gasteiger partial charge < -0.3 is 14.4 Å². The molecule has 4 nitrogen and oxygen atoms in total. The number of rotatable bonds is 1. The number of benzene rings is 1. The minimum atomic E-state index is -0.381. The molecule has 0 bridgehead atoms. The van der Waals surface area contributed by atoms with Crippen LogP contribution in [0.3, 0.4) is 0 Å². The van der Waals surface area contributed by atoms with Gasteiger partial charge in [0.2, 0.25) is 0 Å². The van der Waals surface area contributed by atoms with Crippen LogP contribution in [0.2, 0.25) is 0 Å². The first kappa shape index (κ1) is 13.0. The Morgan fingerprint density at radius 1 is 1.10 bits per heavy atom. The average Bonchev–Trinajstić information content (AvgIpc) is 3.06. The Labute approximate surface area is 124 Å². The van der Waals surface area contributed by atoms with Gasteiger partial charge in [-0.3, -0.25) is 4.79 Å². The van der Waals surface area contributed by atoms with E-state index in [0.29, 0.717) is 13.2 Å². The summed E-state index contributed by atoms with van der Waals surface area (Å²) in [4.78, 5) is 14.5. The fourth-order valence-corrected chi connectivity index (χ4v) is 3.78. The third-order valence-corrected chi connectivity index (χ3v) is 4.87. The lowest BCUT2D eigenvalue weighted by Gasteiger charge is -2.39. The second kappa shape index (κ2) is 4.68. The molecule has 0 atom stereocenters. The van der Waals surface area contributed by atoms with Gasteiger partial charge in [0, 0.05) is 35.7 Å². The maximum absolute atomic E-state index is 12.6. The summed E-state index contributed by atoms with van der Waals surface area (Å²) in [6.45, 7) is 5.51. The first-order valence-corrected chi connectivity index (χ1v) is 7.60. The van der Waals surface area contributed by atoms with Gasteiger partial charge in [0.05, 0.1) is 13.2 Å². The number of carbonyl (C=O) groups excluding carboxylic acids is 1. The highest BCUT2D eigenvalue weighted by Crippen LogP contribution is 2.41. The van der Waals surface area contributed by atoms with E-state index < -0.39 is 0 Å². The van der Waals surface area contributed by atoms with Gasteiger partial charge in [-0.05, 0) is 18.9 Å². The number of ether oxygens (including phenoxy) is 2. The third kappa shape index (κ3) is 1.93. The van der Waals surface area contributed by atoms with Crippen molar-refractivity contribution in [3.05, 3.63) is 42.0 Å². The highest BCUT2D eigenvalue weighted by Gasteiger charge is 2.44. The molecular weight excluding hydrogens is 266 g/mol. The molecule has 2 heterocycles. The SMILES string of the molecule is C=C1c2ccccc2C(=O)N1C1CCC2(CC1)OCCO2. The minimum absolute atomic E-state index is 0.0878. The Bertz CT molecular complexity index is 559. The molecule has 0 aromatic heterocycles. The van der Waals surface area contributed by atoms with Crippen LogP contribution >= 0.6 is 0 Å². The number of carbonyl (C=O) groups is 1. The van der Waals surface area contributed by atoms with E-state index in [2.05, 4.69) is 6.58 Å². The highest BCUT2D eigenvalue weighted by molar-refractivity contribution is 6.09. The summed E-state index contributed by atoms with van der Waals surface area (Å²) in [6.07, 6.45) is 3.51. The van der Waals surface area contributed by atoms with Crippen LogP contribution in [0.5, 0.6) is 0 Å². The third-order valence-electron chi connectivity index (χ3n) is 4.87. The maximum Gasteiger partial charge on any atom is 0.259 e. The fraction of sp³-hybridized carbons (Fsp3) is 0.471. The molecule has 1 amide bonds. The van der Waals surface area contributed by atoms with Crippen molar-refractivity contribution >= 4 is 11.6 Å². The van der Waals surface area contributed by atoms with Gasteiger partial charge in [0.25, 0.3) is 5.91 Å². The van der Waals surface area contributed by atoms with Crippen molar-refractivity contribution < 1.29 is 14.3 Å². The molecule has 1 aliphatic carbocycles. The van der Waals surface area contributed by atoms with Crippen LogP contribution in [0.15, 0.2) is 30.8 Å². The van der Waals surface area contributed by atoms with Crippen LogP contribution in [-0.2, 0) is 9.47 Å². The summed E-state index contributed by atoms with van der Waals surface area (Å²) < 4.78 is 11.5. The van der Waals surface area contributed by atoms with Gasteiger partial charge in [-0.1, -0.05) is 24.8 Å². The normalized spacial score (nSPS) is 24.9. The molecule has 1 aromatic rings. The molecule has 110 valence electrons. The summed E-state index contributed by atoms with van der Waals surface area (Å²) in [5.41, 5.74) is 2.58. The van der Waals surface area contributed by atoms with Crippen molar-refractivity contribution in [1.29, 1.82) is 0 Å². The van der Waals surface area contributed by atoms with Gasteiger partial charge in [0.15, 0.2) is 5.79 Å². The van der Waals surface area contributed by atoms with E-state index in [1.807, 2.05) is 29.2 Å². The second-order valence-corrected chi connectivity index (χ2v) is 6.01. The molecule has 1 aromatic carbocycles. The molecule has 4 heteroatoms.